The van der Waals surface area contributed by atoms with E-state index < -0.39 is 5.97 Å². The Morgan fingerprint density at radius 2 is 2.25 bits per heavy atom. The van der Waals surface area contributed by atoms with E-state index in [1.807, 2.05) is 10.8 Å². The van der Waals surface area contributed by atoms with Gasteiger partial charge in [0.25, 0.3) is 0 Å². The smallest absolute Gasteiger partial charge is 0.352 e. The molecule has 3 nitrogen and oxygen atoms in total. The Balaban J connectivity index is 2.24. The van der Waals surface area contributed by atoms with Crippen LogP contribution in [-0.4, -0.2) is 15.6 Å². The molecule has 0 radical (unpaired) electrons. The first-order valence-electron chi connectivity index (χ1n) is 5.53. The molecular formula is C12H16BrNO2. The molecule has 0 aliphatic heterocycles. The summed E-state index contributed by atoms with van der Waals surface area (Å²) in [5, 5.41) is 9.09. The number of aromatic carboxylic acids is 1. The molecule has 0 bridgehead atoms. The van der Waals surface area contributed by atoms with Crippen molar-refractivity contribution in [2.24, 2.45) is 11.3 Å². The highest BCUT2D eigenvalue weighted by atomic mass is 79.9. The molecular weight excluding hydrogens is 270 g/mol. The van der Waals surface area contributed by atoms with Crippen LogP contribution in [0.3, 0.4) is 0 Å². The van der Waals surface area contributed by atoms with Gasteiger partial charge in [-0.15, -0.1) is 0 Å². The Morgan fingerprint density at radius 3 is 2.69 bits per heavy atom. The summed E-state index contributed by atoms with van der Waals surface area (Å²) >= 11 is 3.33. The fraction of sp³-hybridized carbons (Fsp3) is 0.583. The van der Waals surface area contributed by atoms with E-state index in [1.165, 1.54) is 12.8 Å². The molecule has 0 aromatic carbocycles. The second-order valence-corrected chi connectivity index (χ2v) is 5.91. The number of hydrogen-bond donors (Lipinski definition) is 1. The van der Waals surface area contributed by atoms with Crippen molar-refractivity contribution in [3.63, 3.8) is 0 Å². The van der Waals surface area contributed by atoms with Crippen LogP contribution in [0.1, 0.15) is 37.2 Å². The molecule has 1 N–H and O–H groups in total. The van der Waals surface area contributed by atoms with Gasteiger partial charge in [-0.2, -0.15) is 0 Å². The van der Waals surface area contributed by atoms with Crippen molar-refractivity contribution in [1.29, 1.82) is 0 Å². The Hall–Kier alpha value is -0.770. The lowest BCUT2D eigenvalue weighted by Gasteiger charge is -2.21. The van der Waals surface area contributed by atoms with Crippen LogP contribution >= 0.6 is 15.9 Å². The topological polar surface area (TPSA) is 42.2 Å². The zero-order valence-electron chi connectivity index (χ0n) is 9.53. The summed E-state index contributed by atoms with van der Waals surface area (Å²) in [6, 6.07) is 1.67. The number of carboxylic acids is 1. The molecule has 1 fully saturated rings. The molecule has 2 rings (SSSR count). The van der Waals surface area contributed by atoms with E-state index in [9.17, 15) is 4.79 Å². The summed E-state index contributed by atoms with van der Waals surface area (Å²) in [5.74, 6) is -0.249. The molecule has 0 spiro atoms. The molecule has 1 heterocycles. The summed E-state index contributed by atoms with van der Waals surface area (Å²) in [5.41, 5.74) is 0.696. The quantitative estimate of drug-likeness (QED) is 0.922. The highest BCUT2D eigenvalue weighted by Crippen LogP contribution is 2.53. The van der Waals surface area contributed by atoms with Gasteiger partial charge in [-0.25, -0.2) is 4.79 Å². The third-order valence-corrected chi connectivity index (χ3v) is 4.12. The average molecular weight is 286 g/mol. The molecule has 88 valence electrons. The minimum atomic E-state index is -0.856. The molecule has 1 aliphatic carbocycles. The standard InChI is InChI=1S/C12H16BrNO2/c1-8(2)12(3-4-12)7-14-6-9(13)5-10(14)11(15)16/h5-6,8H,3-4,7H2,1-2H3,(H,15,16). The second-order valence-electron chi connectivity index (χ2n) is 4.99. The SMILES string of the molecule is CC(C)C1(Cn2cc(Br)cc2C(=O)O)CC1. The lowest BCUT2D eigenvalue weighted by atomic mass is 9.92. The maximum Gasteiger partial charge on any atom is 0.352 e. The second kappa shape index (κ2) is 3.91. The van der Waals surface area contributed by atoms with Gasteiger partial charge in [0.1, 0.15) is 5.69 Å². The molecule has 0 unspecified atom stereocenters. The molecule has 1 aromatic heterocycles. The van der Waals surface area contributed by atoms with Gasteiger partial charge in [-0.1, -0.05) is 13.8 Å². The van der Waals surface area contributed by atoms with E-state index in [1.54, 1.807) is 6.07 Å². The number of nitrogens with zero attached hydrogens (tertiary/aromatic N) is 1. The first kappa shape index (κ1) is 11.7. The van der Waals surface area contributed by atoms with Crippen molar-refractivity contribution in [2.45, 2.75) is 33.2 Å². The van der Waals surface area contributed by atoms with Gasteiger partial charge in [0.2, 0.25) is 0 Å². The summed E-state index contributed by atoms with van der Waals surface area (Å²) in [6.07, 6.45) is 4.28. The van der Waals surface area contributed by atoms with E-state index in [2.05, 4.69) is 29.8 Å². The number of hydrogen-bond acceptors (Lipinski definition) is 1. The minimum Gasteiger partial charge on any atom is -0.477 e. The van der Waals surface area contributed by atoms with Crippen LogP contribution < -0.4 is 0 Å². The number of rotatable bonds is 4. The fourth-order valence-corrected chi connectivity index (χ4v) is 2.67. The van der Waals surface area contributed by atoms with Crippen LogP contribution in [0.4, 0.5) is 0 Å². The molecule has 0 atom stereocenters. The zero-order valence-corrected chi connectivity index (χ0v) is 11.1. The van der Waals surface area contributed by atoms with E-state index in [0.717, 1.165) is 11.0 Å². The van der Waals surface area contributed by atoms with Crippen LogP contribution in [0.2, 0.25) is 0 Å². The molecule has 1 aromatic rings. The predicted molar refractivity (Wildman–Crippen MR) is 65.6 cm³/mol. The van der Waals surface area contributed by atoms with Crippen molar-refractivity contribution in [2.75, 3.05) is 0 Å². The van der Waals surface area contributed by atoms with Gasteiger partial charge < -0.3 is 9.67 Å². The van der Waals surface area contributed by atoms with Gasteiger partial charge in [-0.3, -0.25) is 0 Å². The van der Waals surface area contributed by atoms with Crippen LogP contribution in [0, 0.1) is 11.3 Å². The van der Waals surface area contributed by atoms with Crippen LogP contribution in [0.15, 0.2) is 16.7 Å². The molecule has 1 aliphatic rings. The van der Waals surface area contributed by atoms with Crippen molar-refractivity contribution in [3.8, 4) is 0 Å². The van der Waals surface area contributed by atoms with Crippen molar-refractivity contribution in [3.05, 3.63) is 22.4 Å². The summed E-state index contributed by atoms with van der Waals surface area (Å²) in [4.78, 5) is 11.1. The third-order valence-electron chi connectivity index (χ3n) is 3.68. The number of halogens is 1. The number of carbonyl (C=O) groups is 1. The van der Waals surface area contributed by atoms with Crippen LogP contribution in [-0.2, 0) is 6.54 Å². The van der Waals surface area contributed by atoms with Gasteiger partial charge in [0, 0.05) is 17.2 Å². The summed E-state index contributed by atoms with van der Waals surface area (Å²) < 4.78 is 2.70. The van der Waals surface area contributed by atoms with Crippen LogP contribution in [0.5, 0.6) is 0 Å². The molecule has 1 saturated carbocycles. The predicted octanol–water partition coefficient (Wildman–Crippen LogP) is 3.39. The number of aromatic nitrogens is 1. The van der Waals surface area contributed by atoms with Gasteiger partial charge >= 0.3 is 5.97 Å². The van der Waals surface area contributed by atoms with Gasteiger partial charge in [0.05, 0.1) is 0 Å². The first-order valence-corrected chi connectivity index (χ1v) is 6.33. The molecule has 4 heteroatoms. The minimum absolute atomic E-state index is 0.322. The normalized spacial score (nSPS) is 17.8. The Labute approximate surface area is 104 Å². The average Bonchev–Trinajstić information content (AvgIpc) is 2.85. The maximum absolute atomic E-state index is 11.1. The Bertz CT molecular complexity index is 419. The highest BCUT2D eigenvalue weighted by Gasteiger charge is 2.45. The molecule has 16 heavy (non-hydrogen) atoms. The monoisotopic (exact) mass is 285 g/mol. The van der Waals surface area contributed by atoms with Crippen molar-refractivity contribution >= 4 is 21.9 Å². The number of carboxylic acid groups (broad SMARTS) is 1. The van der Waals surface area contributed by atoms with E-state index in [-0.39, 0.29) is 0 Å². The zero-order chi connectivity index (χ0) is 11.9. The first-order chi connectivity index (χ1) is 7.44. The van der Waals surface area contributed by atoms with E-state index in [0.29, 0.717) is 17.0 Å². The van der Waals surface area contributed by atoms with Gasteiger partial charge in [-0.05, 0) is 46.2 Å². The fourth-order valence-electron chi connectivity index (χ4n) is 2.20. The van der Waals surface area contributed by atoms with Crippen LogP contribution in [0.25, 0.3) is 0 Å². The van der Waals surface area contributed by atoms with E-state index in [4.69, 9.17) is 5.11 Å². The van der Waals surface area contributed by atoms with Crippen molar-refractivity contribution < 1.29 is 9.90 Å². The maximum atomic E-state index is 11.1. The summed E-state index contributed by atoms with van der Waals surface area (Å²) in [6.45, 7) is 5.25. The third kappa shape index (κ3) is 2.03. The molecule has 0 saturated heterocycles. The largest absolute Gasteiger partial charge is 0.477 e. The van der Waals surface area contributed by atoms with Gasteiger partial charge in [0.15, 0.2) is 0 Å². The highest BCUT2D eigenvalue weighted by molar-refractivity contribution is 9.10. The Morgan fingerprint density at radius 1 is 1.62 bits per heavy atom. The van der Waals surface area contributed by atoms with Crippen molar-refractivity contribution in [1.82, 2.24) is 4.57 Å². The summed E-state index contributed by atoms with van der Waals surface area (Å²) in [7, 11) is 0. The lowest BCUT2D eigenvalue weighted by molar-refractivity contribution is 0.0682. The lowest BCUT2D eigenvalue weighted by Crippen LogP contribution is -2.20. The Kier molecular flexibility index (Phi) is 2.86. The molecule has 0 amide bonds. The van der Waals surface area contributed by atoms with E-state index >= 15 is 0 Å².